The van der Waals surface area contributed by atoms with Crippen molar-refractivity contribution in [1.82, 2.24) is 9.97 Å². The standard InChI is InChI=1S/C13H14ClIN4/c1-2-5-16-12-7-13(18-8-17-12)19-11-4-3-9(14)6-10(11)15/h3-4,6-8H,2,5H2,1H3,(H2,16,17,18,19). The Labute approximate surface area is 131 Å². The number of benzene rings is 1. The summed E-state index contributed by atoms with van der Waals surface area (Å²) in [6.45, 7) is 3.01. The molecule has 1 heterocycles. The number of nitrogens with zero attached hydrogens (tertiary/aromatic N) is 2. The number of anilines is 3. The molecular formula is C13H14ClIN4. The third-order valence-electron chi connectivity index (χ3n) is 2.42. The molecule has 2 rings (SSSR count). The summed E-state index contributed by atoms with van der Waals surface area (Å²) in [5, 5.41) is 7.21. The highest BCUT2D eigenvalue weighted by molar-refractivity contribution is 14.1. The lowest BCUT2D eigenvalue weighted by Gasteiger charge is -2.09. The van der Waals surface area contributed by atoms with Gasteiger partial charge in [-0.2, -0.15) is 0 Å². The second-order valence-corrected chi connectivity index (χ2v) is 5.56. The zero-order valence-corrected chi connectivity index (χ0v) is 13.4. The molecule has 0 aliphatic carbocycles. The van der Waals surface area contributed by atoms with Crippen molar-refractivity contribution in [3.8, 4) is 0 Å². The van der Waals surface area contributed by atoms with Crippen LogP contribution in [-0.4, -0.2) is 16.5 Å². The van der Waals surface area contributed by atoms with Gasteiger partial charge in [0.1, 0.15) is 18.0 Å². The van der Waals surface area contributed by atoms with Crippen molar-refractivity contribution in [2.75, 3.05) is 17.2 Å². The first-order chi connectivity index (χ1) is 9.19. The average Bonchev–Trinajstić information content (AvgIpc) is 2.40. The van der Waals surface area contributed by atoms with E-state index in [-0.39, 0.29) is 0 Å². The molecule has 0 fully saturated rings. The number of nitrogens with one attached hydrogen (secondary N) is 2. The maximum Gasteiger partial charge on any atom is 0.135 e. The molecule has 0 saturated carbocycles. The molecule has 0 radical (unpaired) electrons. The van der Waals surface area contributed by atoms with E-state index in [0.717, 1.165) is 38.9 Å². The smallest absolute Gasteiger partial charge is 0.135 e. The van der Waals surface area contributed by atoms with Gasteiger partial charge in [-0.15, -0.1) is 0 Å². The van der Waals surface area contributed by atoms with Crippen LogP contribution in [0.3, 0.4) is 0 Å². The number of rotatable bonds is 5. The molecule has 0 spiro atoms. The van der Waals surface area contributed by atoms with Crippen molar-refractivity contribution >= 4 is 51.5 Å². The van der Waals surface area contributed by atoms with Crippen LogP contribution in [0.15, 0.2) is 30.6 Å². The highest BCUT2D eigenvalue weighted by Gasteiger charge is 2.03. The van der Waals surface area contributed by atoms with Crippen LogP contribution in [0.2, 0.25) is 5.02 Å². The minimum absolute atomic E-state index is 0.725. The highest BCUT2D eigenvalue weighted by Crippen LogP contribution is 2.25. The van der Waals surface area contributed by atoms with Crippen molar-refractivity contribution < 1.29 is 0 Å². The van der Waals surface area contributed by atoms with Gasteiger partial charge in [-0.1, -0.05) is 18.5 Å². The normalized spacial score (nSPS) is 10.3. The van der Waals surface area contributed by atoms with Gasteiger partial charge in [-0.3, -0.25) is 0 Å². The number of aromatic nitrogens is 2. The Kier molecular flexibility index (Phi) is 5.21. The van der Waals surface area contributed by atoms with E-state index in [2.05, 4.69) is 50.1 Å². The first kappa shape index (κ1) is 14.3. The number of hydrogen-bond acceptors (Lipinski definition) is 4. The first-order valence-electron chi connectivity index (χ1n) is 5.97. The fraction of sp³-hybridized carbons (Fsp3) is 0.231. The quantitative estimate of drug-likeness (QED) is 0.750. The molecule has 0 aliphatic rings. The molecule has 19 heavy (non-hydrogen) atoms. The van der Waals surface area contributed by atoms with Crippen LogP contribution in [0.1, 0.15) is 13.3 Å². The minimum atomic E-state index is 0.725. The van der Waals surface area contributed by atoms with Crippen molar-refractivity contribution in [1.29, 1.82) is 0 Å². The van der Waals surface area contributed by atoms with E-state index in [4.69, 9.17) is 11.6 Å². The lowest BCUT2D eigenvalue weighted by atomic mass is 10.3. The zero-order chi connectivity index (χ0) is 13.7. The highest BCUT2D eigenvalue weighted by atomic mass is 127. The predicted molar refractivity (Wildman–Crippen MR) is 88.3 cm³/mol. The second-order valence-electron chi connectivity index (χ2n) is 3.96. The molecule has 0 aliphatic heterocycles. The van der Waals surface area contributed by atoms with Crippen molar-refractivity contribution in [3.05, 3.63) is 39.2 Å². The van der Waals surface area contributed by atoms with E-state index >= 15 is 0 Å². The molecule has 0 atom stereocenters. The Morgan fingerprint density at radius 2 is 2.00 bits per heavy atom. The molecule has 0 amide bonds. The molecule has 1 aromatic carbocycles. The van der Waals surface area contributed by atoms with Gasteiger partial charge in [-0.25, -0.2) is 9.97 Å². The predicted octanol–water partition coefficient (Wildman–Crippen LogP) is 4.30. The van der Waals surface area contributed by atoms with Crippen LogP contribution in [0.4, 0.5) is 17.3 Å². The Morgan fingerprint density at radius 3 is 2.74 bits per heavy atom. The summed E-state index contributed by atoms with van der Waals surface area (Å²) >= 11 is 8.17. The van der Waals surface area contributed by atoms with Crippen molar-refractivity contribution in [2.45, 2.75) is 13.3 Å². The minimum Gasteiger partial charge on any atom is -0.370 e. The third kappa shape index (κ3) is 4.21. The molecule has 0 bridgehead atoms. The summed E-state index contributed by atoms with van der Waals surface area (Å²) in [6.07, 6.45) is 2.60. The van der Waals surface area contributed by atoms with E-state index in [1.165, 1.54) is 0 Å². The number of halogens is 2. The van der Waals surface area contributed by atoms with Gasteiger partial charge in [-0.05, 0) is 47.2 Å². The summed E-state index contributed by atoms with van der Waals surface area (Å²) in [5.41, 5.74) is 0.977. The van der Waals surface area contributed by atoms with Gasteiger partial charge >= 0.3 is 0 Å². The van der Waals surface area contributed by atoms with E-state index < -0.39 is 0 Å². The molecule has 0 saturated heterocycles. The summed E-state index contributed by atoms with van der Waals surface area (Å²) in [7, 11) is 0. The van der Waals surface area contributed by atoms with Gasteiger partial charge in [0.05, 0.1) is 5.69 Å². The lowest BCUT2D eigenvalue weighted by molar-refractivity contribution is 0.965. The van der Waals surface area contributed by atoms with Gasteiger partial charge in [0.2, 0.25) is 0 Å². The monoisotopic (exact) mass is 388 g/mol. The number of hydrogen-bond donors (Lipinski definition) is 2. The largest absolute Gasteiger partial charge is 0.370 e. The van der Waals surface area contributed by atoms with Crippen molar-refractivity contribution in [3.63, 3.8) is 0 Å². The Morgan fingerprint density at radius 1 is 1.21 bits per heavy atom. The molecule has 6 heteroatoms. The summed E-state index contributed by atoms with van der Waals surface area (Å²) < 4.78 is 1.05. The fourth-order valence-electron chi connectivity index (χ4n) is 1.50. The molecule has 2 N–H and O–H groups in total. The van der Waals surface area contributed by atoms with Crippen LogP contribution < -0.4 is 10.6 Å². The topological polar surface area (TPSA) is 49.8 Å². The Hall–Kier alpha value is -1.08. The molecule has 0 unspecified atom stereocenters. The van der Waals surface area contributed by atoms with Gasteiger partial charge in [0.25, 0.3) is 0 Å². The van der Waals surface area contributed by atoms with E-state index in [9.17, 15) is 0 Å². The maximum atomic E-state index is 5.93. The molecule has 2 aromatic rings. The summed E-state index contributed by atoms with van der Waals surface area (Å²) in [5.74, 6) is 1.58. The van der Waals surface area contributed by atoms with Crippen LogP contribution >= 0.6 is 34.2 Å². The van der Waals surface area contributed by atoms with E-state index in [0.29, 0.717) is 0 Å². The SMILES string of the molecule is CCCNc1cc(Nc2ccc(Cl)cc2I)ncn1. The van der Waals surface area contributed by atoms with Crippen LogP contribution in [-0.2, 0) is 0 Å². The maximum absolute atomic E-state index is 5.93. The Bertz CT molecular complexity index is 562. The fourth-order valence-corrected chi connectivity index (χ4v) is 2.51. The van der Waals surface area contributed by atoms with Crippen LogP contribution in [0.5, 0.6) is 0 Å². The molecular weight excluding hydrogens is 375 g/mol. The van der Waals surface area contributed by atoms with Gasteiger partial charge in [0.15, 0.2) is 0 Å². The third-order valence-corrected chi connectivity index (χ3v) is 3.54. The first-order valence-corrected chi connectivity index (χ1v) is 7.42. The van der Waals surface area contributed by atoms with Crippen LogP contribution in [0, 0.1) is 3.57 Å². The van der Waals surface area contributed by atoms with Gasteiger partial charge in [0, 0.05) is 21.2 Å². The average molecular weight is 389 g/mol. The second kappa shape index (κ2) is 6.91. The van der Waals surface area contributed by atoms with Gasteiger partial charge < -0.3 is 10.6 Å². The van der Waals surface area contributed by atoms with Crippen molar-refractivity contribution in [2.24, 2.45) is 0 Å². The van der Waals surface area contributed by atoms with E-state index in [1.54, 1.807) is 6.33 Å². The van der Waals surface area contributed by atoms with Crippen LogP contribution in [0.25, 0.3) is 0 Å². The molecule has 4 nitrogen and oxygen atoms in total. The summed E-state index contributed by atoms with van der Waals surface area (Å²) in [6, 6.07) is 7.58. The van der Waals surface area contributed by atoms with E-state index in [1.807, 2.05) is 24.3 Å². The molecule has 100 valence electrons. The lowest BCUT2D eigenvalue weighted by Crippen LogP contribution is -2.03. The summed E-state index contributed by atoms with van der Waals surface area (Å²) in [4.78, 5) is 8.38. The Balaban J connectivity index is 2.14. The molecule has 1 aromatic heterocycles. The zero-order valence-electron chi connectivity index (χ0n) is 10.5.